The Morgan fingerprint density at radius 1 is 1.32 bits per heavy atom. The van der Waals surface area contributed by atoms with Gasteiger partial charge in [-0.1, -0.05) is 0 Å². The molecular formula is C12H6IN6O2P. The Hall–Kier alpha value is -2.18. The zero-order valence-corrected chi connectivity index (χ0v) is 13.9. The summed E-state index contributed by atoms with van der Waals surface area (Å²) in [6.45, 7) is 0. The van der Waals surface area contributed by atoms with Crippen LogP contribution in [0.5, 0.6) is 0 Å². The molecule has 0 saturated heterocycles. The molecule has 3 rings (SSSR count). The molecule has 2 aromatic heterocycles. The fourth-order valence-electron chi connectivity index (χ4n) is 2.07. The van der Waals surface area contributed by atoms with Crippen molar-refractivity contribution in [1.82, 2.24) is 19.7 Å². The van der Waals surface area contributed by atoms with Crippen LogP contribution in [-0.4, -0.2) is 24.7 Å². The van der Waals surface area contributed by atoms with Crippen LogP contribution in [0.4, 0.5) is 5.69 Å². The van der Waals surface area contributed by atoms with E-state index < -0.39 is 4.92 Å². The number of benzene rings is 1. The van der Waals surface area contributed by atoms with E-state index in [0.29, 0.717) is 28.4 Å². The van der Waals surface area contributed by atoms with Crippen molar-refractivity contribution in [3.63, 3.8) is 0 Å². The Morgan fingerprint density at radius 2 is 2.14 bits per heavy atom. The van der Waals surface area contributed by atoms with Crippen LogP contribution < -0.4 is 0 Å². The second kappa shape index (κ2) is 5.90. The van der Waals surface area contributed by atoms with Crippen molar-refractivity contribution in [1.29, 1.82) is 5.26 Å². The molecule has 22 heavy (non-hydrogen) atoms. The zero-order valence-electron chi connectivity index (χ0n) is 10.8. The third-order valence-corrected chi connectivity index (χ3v) is 4.93. The summed E-state index contributed by atoms with van der Waals surface area (Å²) in [6, 6.07) is 6.72. The standard InChI is InChI=1S/C12H6IN6O2P/c13-22-18-11-2-7(8-1-9(4-14)17-15-5-8)3-12(19(20)21)10(11)6-16-18/h1-3,5-6,22H. The van der Waals surface area contributed by atoms with Crippen molar-refractivity contribution in [3.05, 3.63) is 46.4 Å². The van der Waals surface area contributed by atoms with Crippen LogP contribution in [0.2, 0.25) is 0 Å². The van der Waals surface area contributed by atoms with Gasteiger partial charge in [-0.25, -0.2) is 4.45 Å². The molecule has 108 valence electrons. The van der Waals surface area contributed by atoms with Gasteiger partial charge in [-0.05, 0) is 39.7 Å². The number of nitrogens with zero attached hydrogens (tertiary/aromatic N) is 6. The molecule has 0 fully saturated rings. The number of rotatable bonds is 3. The Labute approximate surface area is 138 Å². The monoisotopic (exact) mass is 424 g/mol. The predicted octanol–water partition coefficient (Wildman–Crippen LogP) is 3.06. The molecule has 8 nitrogen and oxygen atoms in total. The number of nitro groups is 1. The van der Waals surface area contributed by atoms with E-state index >= 15 is 0 Å². The van der Waals surface area contributed by atoms with Gasteiger partial charge in [0.2, 0.25) is 0 Å². The highest BCUT2D eigenvalue weighted by molar-refractivity contribution is 14.2. The quantitative estimate of drug-likeness (QED) is 0.277. The smallest absolute Gasteiger partial charge is 0.258 e. The maximum atomic E-state index is 11.3. The first-order chi connectivity index (χ1) is 10.6. The topological polar surface area (TPSA) is 111 Å². The van der Waals surface area contributed by atoms with Crippen molar-refractivity contribution < 1.29 is 4.92 Å². The van der Waals surface area contributed by atoms with Gasteiger partial charge in [0.1, 0.15) is 6.07 Å². The lowest BCUT2D eigenvalue weighted by atomic mass is 10.0. The molecule has 1 unspecified atom stereocenters. The van der Waals surface area contributed by atoms with Gasteiger partial charge in [-0.3, -0.25) is 10.1 Å². The first-order valence-electron chi connectivity index (χ1n) is 5.90. The molecule has 10 heteroatoms. The molecule has 1 atom stereocenters. The van der Waals surface area contributed by atoms with E-state index in [9.17, 15) is 10.1 Å². The predicted molar refractivity (Wildman–Crippen MR) is 89.9 cm³/mol. The number of hydrogen-bond acceptors (Lipinski definition) is 6. The van der Waals surface area contributed by atoms with Crippen LogP contribution in [0.3, 0.4) is 0 Å². The van der Waals surface area contributed by atoms with Gasteiger partial charge in [0.15, 0.2) is 5.69 Å². The summed E-state index contributed by atoms with van der Waals surface area (Å²) in [4.78, 5) is 10.9. The fourth-order valence-corrected chi connectivity index (χ4v) is 3.60. The largest absolute Gasteiger partial charge is 0.281 e. The van der Waals surface area contributed by atoms with Crippen molar-refractivity contribution >= 4 is 45.0 Å². The summed E-state index contributed by atoms with van der Waals surface area (Å²) < 4.78 is 1.70. The highest BCUT2D eigenvalue weighted by Crippen LogP contribution is 2.36. The Kier molecular flexibility index (Phi) is 3.96. The lowest BCUT2D eigenvalue weighted by Gasteiger charge is -2.04. The number of nitriles is 1. The molecular weight excluding hydrogens is 418 g/mol. The van der Waals surface area contributed by atoms with Gasteiger partial charge < -0.3 is 0 Å². The van der Waals surface area contributed by atoms with Crippen LogP contribution in [0.1, 0.15) is 5.69 Å². The van der Waals surface area contributed by atoms with E-state index in [0.717, 1.165) is 0 Å². The number of hydrogen-bond donors (Lipinski definition) is 0. The average Bonchev–Trinajstić information content (AvgIpc) is 2.96. The number of fused-ring (bicyclic) bond motifs is 1. The maximum absolute atomic E-state index is 11.3. The molecule has 1 aromatic carbocycles. The Bertz CT molecular complexity index is 935. The SMILES string of the molecule is N#Cc1cc(-c2cc([N+](=O)[O-])c3cnn(PI)c3c2)cnn1. The number of halogens is 1. The highest BCUT2D eigenvalue weighted by Gasteiger charge is 2.18. The lowest BCUT2D eigenvalue weighted by Crippen LogP contribution is -1.93. The normalized spacial score (nSPS) is 11.1. The molecule has 0 saturated carbocycles. The molecule has 0 N–H and O–H groups in total. The maximum Gasteiger partial charge on any atom is 0.281 e. The van der Waals surface area contributed by atoms with Crippen LogP contribution in [0.25, 0.3) is 22.0 Å². The molecule has 2 heterocycles. The minimum Gasteiger partial charge on any atom is -0.258 e. The molecule has 0 aliphatic heterocycles. The molecule has 0 amide bonds. The summed E-state index contributed by atoms with van der Waals surface area (Å²) in [5.74, 6) is 0. The third kappa shape index (κ3) is 2.51. The summed E-state index contributed by atoms with van der Waals surface area (Å²) in [7, 11) is 0. The highest BCUT2D eigenvalue weighted by atomic mass is 127. The van der Waals surface area contributed by atoms with Gasteiger partial charge >= 0.3 is 0 Å². The summed E-state index contributed by atoms with van der Waals surface area (Å²) >= 11 is 2.16. The number of nitro benzene ring substituents is 1. The lowest BCUT2D eigenvalue weighted by molar-refractivity contribution is -0.383. The van der Waals surface area contributed by atoms with Crippen molar-refractivity contribution in [3.8, 4) is 17.2 Å². The Balaban J connectivity index is 2.30. The van der Waals surface area contributed by atoms with Crippen molar-refractivity contribution in [2.45, 2.75) is 0 Å². The van der Waals surface area contributed by atoms with E-state index in [1.54, 1.807) is 16.6 Å². The van der Waals surface area contributed by atoms with E-state index in [1.807, 2.05) is 6.07 Å². The van der Waals surface area contributed by atoms with Gasteiger partial charge in [0, 0.05) is 11.6 Å². The first-order valence-corrected chi connectivity index (χ1v) is 9.96. The summed E-state index contributed by atoms with van der Waals surface area (Å²) in [6.07, 6.45) is 3.29. The van der Waals surface area contributed by atoms with Gasteiger partial charge in [0.05, 0.1) is 34.6 Å². The van der Waals surface area contributed by atoms with Crippen molar-refractivity contribution in [2.24, 2.45) is 0 Å². The average molecular weight is 424 g/mol. The number of non-ortho nitro benzene ring substituents is 1. The van der Waals surface area contributed by atoms with Crippen LogP contribution in [-0.2, 0) is 0 Å². The molecule has 0 spiro atoms. The zero-order chi connectivity index (χ0) is 15.7. The summed E-state index contributed by atoms with van der Waals surface area (Å²) in [5, 5.41) is 32.3. The van der Waals surface area contributed by atoms with Gasteiger partial charge in [-0.2, -0.15) is 15.5 Å². The minimum absolute atomic E-state index is 0.0243. The minimum atomic E-state index is -0.437. The third-order valence-electron chi connectivity index (χ3n) is 3.05. The molecule has 3 aromatic rings. The molecule has 0 bridgehead atoms. The van der Waals surface area contributed by atoms with Crippen LogP contribution in [0.15, 0.2) is 30.6 Å². The van der Waals surface area contributed by atoms with Crippen LogP contribution in [0, 0.1) is 21.4 Å². The second-order valence-corrected chi connectivity index (χ2v) is 6.31. The second-order valence-electron chi connectivity index (χ2n) is 4.27. The number of aromatic nitrogens is 4. The molecule has 0 aliphatic carbocycles. The fraction of sp³-hybridized carbons (Fsp3) is 0. The van der Waals surface area contributed by atoms with Gasteiger partial charge in [0.25, 0.3) is 5.69 Å². The Morgan fingerprint density at radius 3 is 2.82 bits per heavy atom. The van der Waals surface area contributed by atoms with E-state index in [2.05, 4.69) is 37.3 Å². The molecule has 0 radical (unpaired) electrons. The van der Waals surface area contributed by atoms with E-state index in [1.165, 1.54) is 18.5 Å². The van der Waals surface area contributed by atoms with E-state index in [4.69, 9.17) is 5.26 Å². The molecule has 0 aliphatic rings. The summed E-state index contributed by atoms with van der Waals surface area (Å²) in [5.41, 5.74) is 2.00. The first kappa shape index (κ1) is 14.7. The van der Waals surface area contributed by atoms with Crippen molar-refractivity contribution in [2.75, 3.05) is 0 Å². The van der Waals surface area contributed by atoms with E-state index in [-0.39, 0.29) is 11.4 Å². The van der Waals surface area contributed by atoms with Crippen LogP contribution >= 0.6 is 28.4 Å². The van der Waals surface area contributed by atoms with Gasteiger partial charge in [-0.15, -0.1) is 5.10 Å².